The number of nitrogens with zero attached hydrogens (tertiary/aromatic N) is 1. The number of carbonyl (C=O) groups is 2. The molecule has 0 saturated carbocycles. The van der Waals surface area contributed by atoms with Crippen LogP contribution in [0.15, 0.2) is 42.5 Å². The number of aryl methyl sites for hydroxylation is 2. The second-order valence-electron chi connectivity index (χ2n) is 6.05. The molecule has 0 spiro atoms. The van der Waals surface area contributed by atoms with Crippen molar-refractivity contribution in [1.29, 1.82) is 0 Å². The molecule has 0 heterocycles. The molecule has 24 heavy (non-hydrogen) atoms. The predicted molar refractivity (Wildman–Crippen MR) is 98.9 cm³/mol. The van der Waals surface area contributed by atoms with Gasteiger partial charge in [-0.15, -0.1) is 0 Å². The molecule has 0 saturated heterocycles. The molecule has 2 aromatic rings. The first-order valence-corrected chi connectivity index (χ1v) is 8.13. The smallest absolute Gasteiger partial charge is 0.243 e. The summed E-state index contributed by atoms with van der Waals surface area (Å²) in [5, 5.41) is 2.87. The van der Waals surface area contributed by atoms with Gasteiger partial charge in [-0.1, -0.05) is 18.2 Å². The van der Waals surface area contributed by atoms with Gasteiger partial charge in [-0.3, -0.25) is 9.59 Å². The molecule has 0 radical (unpaired) electrons. The number of hydrogen-bond acceptors (Lipinski definition) is 3. The van der Waals surface area contributed by atoms with Crippen molar-refractivity contribution in [2.24, 2.45) is 0 Å². The molecule has 2 aromatic carbocycles. The van der Waals surface area contributed by atoms with E-state index in [0.717, 1.165) is 12.2 Å². The van der Waals surface area contributed by atoms with Crippen molar-refractivity contribution in [3.05, 3.63) is 59.2 Å². The Balaban J connectivity index is 2.09. The van der Waals surface area contributed by atoms with Crippen molar-refractivity contribution < 1.29 is 9.59 Å². The second kappa shape index (κ2) is 7.77. The van der Waals surface area contributed by atoms with Gasteiger partial charge >= 0.3 is 0 Å². The molecule has 0 aliphatic carbocycles. The van der Waals surface area contributed by atoms with E-state index >= 15 is 0 Å². The van der Waals surface area contributed by atoms with E-state index in [4.69, 9.17) is 0 Å². The first-order valence-electron chi connectivity index (χ1n) is 8.13. The Morgan fingerprint density at radius 1 is 1.04 bits per heavy atom. The van der Waals surface area contributed by atoms with Crippen molar-refractivity contribution in [1.82, 2.24) is 0 Å². The summed E-state index contributed by atoms with van der Waals surface area (Å²) in [7, 11) is 0. The lowest BCUT2D eigenvalue weighted by molar-refractivity contribution is -0.115. The van der Waals surface area contributed by atoms with Crippen LogP contribution in [0.4, 0.5) is 11.4 Å². The van der Waals surface area contributed by atoms with Crippen molar-refractivity contribution in [3.8, 4) is 0 Å². The minimum atomic E-state index is -0.100. The Kier molecular flexibility index (Phi) is 5.74. The van der Waals surface area contributed by atoms with Gasteiger partial charge in [0, 0.05) is 23.5 Å². The zero-order valence-electron chi connectivity index (χ0n) is 14.7. The summed E-state index contributed by atoms with van der Waals surface area (Å²) in [5.41, 5.74) is 4.64. The van der Waals surface area contributed by atoms with Crippen LogP contribution < -0.4 is 10.2 Å². The van der Waals surface area contributed by atoms with E-state index in [0.29, 0.717) is 11.3 Å². The lowest BCUT2D eigenvalue weighted by Gasteiger charge is -2.23. The molecule has 2 rings (SSSR count). The fraction of sp³-hybridized carbons (Fsp3) is 0.300. The third-order valence-electron chi connectivity index (χ3n) is 3.84. The van der Waals surface area contributed by atoms with Gasteiger partial charge in [0.2, 0.25) is 5.91 Å². The zero-order chi connectivity index (χ0) is 17.7. The van der Waals surface area contributed by atoms with Crippen LogP contribution in [0.2, 0.25) is 0 Å². The summed E-state index contributed by atoms with van der Waals surface area (Å²) >= 11 is 0. The largest absolute Gasteiger partial charge is 0.362 e. The van der Waals surface area contributed by atoms with Crippen molar-refractivity contribution in [3.63, 3.8) is 0 Å². The van der Waals surface area contributed by atoms with Gasteiger partial charge in [0.05, 0.1) is 6.54 Å². The van der Waals surface area contributed by atoms with E-state index in [1.807, 2.05) is 11.8 Å². The number of benzene rings is 2. The summed E-state index contributed by atoms with van der Waals surface area (Å²) in [6.45, 7) is 8.66. The number of Topliss-reactive ketones (excluding diaryl/α,β-unsaturated/α-hetero) is 1. The molecule has 0 aromatic heterocycles. The molecule has 4 heteroatoms. The van der Waals surface area contributed by atoms with Gasteiger partial charge in [-0.2, -0.15) is 0 Å². The molecule has 1 amide bonds. The van der Waals surface area contributed by atoms with Crippen LogP contribution in [0.25, 0.3) is 0 Å². The van der Waals surface area contributed by atoms with Crippen LogP contribution in [-0.2, 0) is 4.79 Å². The van der Waals surface area contributed by atoms with Crippen LogP contribution in [0, 0.1) is 13.8 Å². The molecular formula is C20H24N2O2. The van der Waals surface area contributed by atoms with Gasteiger partial charge in [-0.05, 0) is 63.1 Å². The Bertz CT molecular complexity index is 733. The van der Waals surface area contributed by atoms with Crippen LogP contribution in [0.1, 0.15) is 35.3 Å². The quantitative estimate of drug-likeness (QED) is 0.818. The van der Waals surface area contributed by atoms with E-state index in [9.17, 15) is 9.59 Å². The fourth-order valence-electron chi connectivity index (χ4n) is 2.71. The first-order chi connectivity index (χ1) is 11.4. The van der Waals surface area contributed by atoms with E-state index in [-0.39, 0.29) is 18.2 Å². The average Bonchev–Trinajstić information content (AvgIpc) is 2.51. The highest BCUT2D eigenvalue weighted by Crippen LogP contribution is 2.19. The number of nitrogens with one attached hydrogen (secondary N) is 1. The standard InChI is InChI=1S/C20H24N2O2/c1-5-22(19-10-14(2)9-15(3)11-19)13-20(24)21-18-8-6-7-17(12-18)16(4)23/h6-12H,5,13H2,1-4H3,(H,21,24). The maximum atomic E-state index is 12.4. The fourth-order valence-corrected chi connectivity index (χ4v) is 2.71. The van der Waals surface area contributed by atoms with Crippen molar-refractivity contribution in [2.45, 2.75) is 27.7 Å². The van der Waals surface area contributed by atoms with Gasteiger partial charge in [0.15, 0.2) is 5.78 Å². The van der Waals surface area contributed by atoms with Gasteiger partial charge in [0.25, 0.3) is 0 Å². The normalized spacial score (nSPS) is 10.3. The summed E-state index contributed by atoms with van der Waals surface area (Å²) < 4.78 is 0. The average molecular weight is 324 g/mol. The van der Waals surface area contributed by atoms with Crippen LogP contribution in [-0.4, -0.2) is 24.8 Å². The molecule has 1 N–H and O–H groups in total. The molecule has 126 valence electrons. The molecule has 0 unspecified atom stereocenters. The van der Waals surface area contributed by atoms with E-state index in [1.54, 1.807) is 24.3 Å². The maximum Gasteiger partial charge on any atom is 0.243 e. The van der Waals surface area contributed by atoms with E-state index in [1.165, 1.54) is 18.1 Å². The van der Waals surface area contributed by atoms with Crippen LogP contribution in [0.5, 0.6) is 0 Å². The molecule has 0 bridgehead atoms. The molecule has 0 atom stereocenters. The number of carbonyl (C=O) groups excluding carboxylic acids is 2. The minimum Gasteiger partial charge on any atom is -0.362 e. The van der Waals surface area contributed by atoms with Crippen molar-refractivity contribution >= 4 is 23.1 Å². The molecule has 4 nitrogen and oxygen atoms in total. The highest BCUT2D eigenvalue weighted by atomic mass is 16.2. The zero-order valence-corrected chi connectivity index (χ0v) is 14.7. The first kappa shape index (κ1) is 17.7. The molecule has 0 aliphatic heterocycles. The van der Waals surface area contributed by atoms with E-state index in [2.05, 4.69) is 37.4 Å². The Labute approximate surface area is 143 Å². The Morgan fingerprint density at radius 3 is 2.29 bits per heavy atom. The minimum absolute atomic E-state index is 0.0171. The Morgan fingerprint density at radius 2 is 1.71 bits per heavy atom. The number of ketones is 1. The number of anilines is 2. The molecule has 0 fully saturated rings. The lowest BCUT2D eigenvalue weighted by atomic mass is 10.1. The molecule has 0 aliphatic rings. The topological polar surface area (TPSA) is 49.4 Å². The number of likely N-dealkylation sites (N-methyl/N-ethyl adjacent to an activating group) is 1. The maximum absolute atomic E-state index is 12.4. The third-order valence-corrected chi connectivity index (χ3v) is 3.84. The summed E-state index contributed by atoms with van der Waals surface area (Å²) in [4.78, 5) is 25.8. The lowest BCUT2D eigenvalue weighted by Crippen LogP contribution is -2.33. The summed E-state index contributed by atoms with van der Waals surface area (Å²) in [5.74, 6) is -0.117. The van der Waals surface area contributed by atoms with Crippen LogP contribution >= 0.6 is 0 Å². The van der Waals surface area contributed by atoms with Gasteiger partial charge in [0.1, 0.15) is 0 Å². The molecular weight excluding hydrogens is 300 g/mol. The number of rotatable bonds is 6. The second-order valence-corrected chi connectivity index (χ2v) is 6.05. The summed E-state index contributed by atoms with van der Waals surface area (Å²) in [6, 6.07) is 13.3. The third kappa shape index (κ3) is 4.69. The van der Waals surface area contributed by atoms with E-state index < -0.39 is 0 Å². The SMILES string of the molecule is CCN(CC(=O)Nc1cccc(C(C)=O)c1)c1cc(C)cc(C)c1. The van der Waals surface area contributed by atoms with Gasteiger partial charge < -0.3 is 10.2 Å². The highest BCUT2D eigenvalue weighted by Gasteiger charge is 2.11. The Hall–Kier alpha value is -2.62. The highest BCUT2D eigenvalue weighted by molar-refractivity contribution is 5.98. The number of hydrogen-bond donors (Lipinski definition) is 1. The van der Waals surface area contributed by atoms with Crippen LogP contribution in [0.3, 0.4) is 0 Å². The summed E-state index contributed by atoms with van der Waals surface area (Å²) in [6.07, 6.45) is 0. The van der Waals surface area contributed by atoms with Gasteiger partial charge in [-0.25, -0.2) is 0 Å². The van der Waals surface area contributed by atoms with Crippen molar-refractivity contribution in [2.75, 3.05) is 23.3 Å². The monoisotopic (exact) mass is 324 g/mol. The predicted octanol–water partition coefficient (Wildman–Crippen LogP) is 3.97. The number of amides is 1.